The van der Waals surface area contributed by atoms with Gasteiger partial charge in [-0.05, 0) is 93.3 Å². The van der Waals surface area contributed by atoms with Crippen molar-refractivity contribution in [3.63, 3.8) is 0 Å². The normalized spacial score (nSPS) is 57.6. The van der Waals surface area contributed by atoms with Crippen LogP contribution in [0.5, 0.6) is 0 Å². The van der Waals surface area contributed by atoms with Crippen molar-refractivity contribution in [2.45, 2.75) is 100 Å². The molecule has 1 saturated heterocycles. The van der Waals surface area contributed by atoms with Gasteiger partial charge in [0.25, 0.3) is 0 Å². The molecule has 0 aromatic carbocycles. The molecular formula is C23H35IO3. The number of carbonyl (C=O) groups excluding carboxylic acids is 1. The molecule has 0 bridgehead atoms. The van der Waals surface area contributed by atoms with Crippen molar-refractivity contribution >= 4 is 28.6 Å². The monoisotopic (exact) mass is 486 g/mol. The van der Waals surface area contributed by atoms with Crippen LogP contribution >= 0.6 is 22.6 Å². The van der Waals surface area contributed by atoms with Crippen molar-refractivity contribution in [2.75, 3.05) is 0 Å². The van der Waals surface area contributed by atoms with Crippen molar-refractivity contribution in [1.82, 2.24) is 0 Å². The minimum atomic E-state index is -0.209. The summed E-state index contributed by atoms with van der Waals surface area (Å²) in [4.78, 5) is 12.3. The lowest BCUT2D eigenvalue weighted by atomic mass is 9.44. The van der Waals surface area contributed by atoms with Gasteiger partial charge in [0.1, 0.15) is 5.60 Å². The Morgan fingerprint density at radius 2 is 1.78 bits per heavy atom. The van der Waals surface area contributed by atoms with Gasteiger partial charge in [-0.2, -0.15) is 0 Å². The summed E-state index contributed by atoms with van der Waals surface area (Å²) in [5, 5.41) is 10.2. The van der Waals surface area contributed by atoms with E-state index in [0.29, 0.717) is 27.6 Å². The van der Waals surface area contributed by atoms with E-state index in [4.69, 9.17) is 4.74 Å². The van der Waals surface area contributed by atoms with Crippen LogP contribution in [-0.2, 0) is 9.53 Å². The Balaban J connectivity index is 1.46. The molecule has 4 saturated carbocycles. The minimum absolute atomic E-state index is 0.0452. The second kappa shape index (κ2) is 6.33. The summed E-state index contributed by atoms with van der Waals surface area (Å²) in [6, 6.07) is 0. The van der Waals surface area contributed by atoms with Crippen LogP contribution in [-0.4, -0.2) is 26.7 Å². The number of aliphatic hydroxyl groups is 1. The molecule has 4 heteroatoms. The quantitative estimate of drug-likeness (QED) is 0.288. The first kappa shape index (κ1) is 19.1. The predicted octanol–water partition coefficient (Wildman–Crippen LogP) is 5.27. The molecule has 3 nitrogen and oxygen atoms in total. The number of fused-ring (bicyclic) bond motifs is 6. The highest BCUT2D eigenvalue weighted by Gasteiger charge is 2.68. The molecular weight excluding hydrogens is 451 g/mol. The van der Waals surface area contributed by atoms with E-state index >= 15 is 0 Å². The van der Waals surface area contributed by atoms with Gasteiger partial charge in [-0.25, -0.2) is 0 Å². The number of aliphatic hydroxyl groups excluding tert-OH is 1. The largest absolute Gasteiger partial charge is 0.457 e. The standard InChI is InChI=1S/C23H35IO3/c1-21-10-7-15(25)13-14(21)3-4-16-17(21)8-11-22(2)18(16)9-12-23(22)19(24)5-6-20(26)27-23/h14-19,25H,3-13H2,1-2H3/t14-,15-,16?,17?,18?,19+,21-,22-,23-/m0/s1. The first-order valence-electron chi connectivity index (χ1n) is 11.3. The van der Waals surface area contributed by atoms with Crippen LogP contribution in [0.3, 0.4) is 0 Å². The summed E-state index contributed by atoms with van der Waals surface area (Å²) in [5.74, 6) is 3.08. The molecule has 152 valence electrons. The van der Waals surface area contributed by atoms with E-state index in [1.54, 1.807) is 0 Å². The van der Waals surface area contributed by atoms with Crippen molar-refractivity contribution < 1.29 is 14.6 Å². The molecule has 4 aliphatic carbocycles. The molecule has 1 spiro atoms. The van der Waals surface area contributed by atoms with E-state index < -0.39 is 0 Å². The van der Waals surface area contributed by atoms with Gasteiger partial charge in [-0.3, -0.25) is 4.79 Å². The van der Waals surface area contributed by atoms with Crippen molar-refractivity contribution in [3.8, 4) is 0 Å². The third-order valence-corrected chi connectivity index (χ3v) is 11.9. The van der Waals surface area contributed by atoms with Gasteiger partial charge in [0.15, 0.2) is 0 Å². The fourth-order valence-corrected chi connectivity index (χ4v) is 10.2. The lowest BCUT2D eigenvalue weighted by Gasteiger charge is -2.62. The summed E-state index contributed by atoms with van der Waals surface area (Å²) < 4.78 is 6.73. The molecule has 27 heavy (non-hydrogen) atoms. The third kappa shape index (κ3) is 2.50. The van der Waals surface area contributed by atoms with E-state index in [1.165, 1.54) is 38.5 Å². The number of halogens is 1. The van der Waals surface area contributed by atoms with Crippen LogP contribution in [0.4, 0.5) is 0 Å². The molecule has 0 amide bonds. The van der Waals surface area contributed by atoms with E-state index in [-0.39, 0.29) is 23.1 Å². The van der Waals surface area contributed by atoms with Gasteiger partial charge in [0.05, 0.1) is 10.0 Å². The van der Waals surface area contributed by atoms with E-state index in [2.05, 4.69) is 36.4 Å². The summed E-state index contributed by atoms with van der Waals surface area (Å²) in [6.45, 7) is 5.03. The molecule has 1 aliphatic heterocycles. The Morgan fingerprint density at radius 3 is 2.59 bits per heavy atom. The third-order valence-electron chi connectivity index (χ3n) is 10.2. The number of hydrogen-bond acceptors (Lipinski definition) is 3. The van der Waals surface area contributed by atoms with E-state index in [0.717, 1.165) is 37.5 Å². The molecule has 5 fully saturated rings. The number of ether oxygens (including phenoxy) is 1. The maximum atomic E-state index is 12.3. The highest BCUT2D eigenvalue weighted by molar-refractivity contribution is 14.1. The lowest BCUT2D eigenvalue weighted by molar-refractivity contribution is -0.197. The molecule has 1 N–H and O–H groups in total. The minimum Gasteiger partial charge on any atom is -0.457 e. The van der Waals surface area contributed by atoms with Gasteiger partial charge in [0.2, 0.25) is 0 Å². The van der Waals surface area contributed by atoms with Crippen LogP contribution in [0, 0.1) is 34.5 Å². The zero-order valence-electron chi connectivity index (χ0n) is 16.9. The topological polar surface area (TPSA) is 46.5 Å². The molecule has 5 rings (SSSR count). The molecule has 1 heterocycles. The average Bonchev–Trinajstić information content (AvgIpc) is 2.92. The lowest BCUT2D eigenvalue weighted by Crippen LogP contribution is -2.61. The van der Waals surface area contributed by atoms with Gasteiger partial charge < -0.3 is 9.84 Å². The molecule has 0 aromatic rings. The van der Waals surface area contributed by atoms with Crippen molar-refractivity contribution in [2.24, 2.45) is 34.5 Å². The molecule has 3 unspecified atom stereocenters. The molecule has 5 aliphatic rings. The smallest absolute Gasteiger partial charge is 0.306 e. The molecule has 0 radical (unpaired) electrons. The maximum Gasteiger partial charge on any atom is 0.306 e. The number of hydrogen-bond donors (Lipinski definition) is 1. The second-order valence-electron chi connectivity index (χ2n) is 10.9. The highest BCUT2D eigenvalue weighted by atomic mass is 127. The Kier molecular flexibility index (Phi) is 4.49. The van der Waals surface area contributed by atoms with E-state index in [9.17, 15) is 9.90 Å². The zero-order chi connectivity index (χ0) is 19.0. The van der Waals surface area contributed by atoms with Crippen LogP contribution in [0.15, 0.2) is 0 Å². The Bertz CT molecular complexity index is 637. The number of rotatable bonds is 0. The first-order valence-corrected chi connectivity index (χ1v) is 12.6. The molecule has 0 aromatic heterocycles. The summed E-state index contributed by atoms with van der Waals surface area (Å²) in [6.07, 6.45) is 12.2. The van der Waals surface area contributed by atoms with Gasteiger partial charge in [-0.15, -0.1) is 0 Å². The fourth-order valence-electron chi connectivity index (χ4n) is 8.75. The van der Waals surface area contributed by atoms with Gasteiger partial charge in [-0.1, -0.05) is 36.4 Å². The average molecular weight is 486 g/mol. The maximum absolute atomic E-state index is 12.3. The zero-order valence-corrected chi connectivity index (χ0v) is 19.0. The van der Waals surface area contributed by atoms with E-state index in [1.807, 2.05) is 0 Å². The van der Waals surface area contributed by atoms with Gasteiger partial charge >= 0.3 is 5.97 Å². The summed E-state index contributed by atoms with van der Waals surface area (Å²) in [7, 11) is 0. The molecule has 9 atom stereocenters. The van der Waals surface area contributed by atoms with Crippen molar-refractivity contribution in [1.29, 1.82) is 0 Å². The highest BCUT2D eigenvalue weighted by Crippen LogP contribution is 2.70. The fraction of sp³-hybridized carbons (Fsp3) is 0.957. The Morgan fingerprint density at radius 1 is 1.00 bits per heavy atom. The SMILES string of the molecule is C[C@]12CCC3C(CC[C@H]4C[C@@H](O)CC[C@]34C)C1CC[C@@]21OC(=O)CC[C@H]1I. The van der Waals surface area contributed by atoms with Crippen LogP contribution in [0.1, 0.15) is 84.5 Å². The Hall–Kier alpha value is 0.160. The summed E-state index contributed by atoms with van der Waals surface area (Å²) in [5.41, 5.74) is 0.374. The first-order chi connectivity index (χ1) is 12.8. The number of alkyl halides is 1. The number of esters is 1. The predicted molar refractivity (Wildman–Crippen MR) is 114 cm³/mol. The van der Waals surface area contributed by atoms with Crippen molar-refractivity contribution in [3.05, 3.63) is 0 Å². The number of carbonyl (C=O) groups is 1. The second-order valence-corrected chi connectivity index (χ2v) is 12.5. The Labute approximate surface area is 177 Å². The van der Waals surface area contributed by atoms with Crippen LogP contribution in [0.2, 0.25) is 0 Å². The van der Waals surface area contributed by atoms with Gasteiger partial charge in [0, 0.05) is 11.8 Å². The van der Waals surface area contributed by atoms with Crippen LogP contribution in [0.25, 0.3) is 0 Å². The van der Waals surface area contributed by atoms with Crippen LogP contribution < -0.4 is 0 Å². The summed E-state index contributed by atoms with van der Waals surface area (Å²) >= 11 is 2.60.